The summed E-state index contributed by atoms with van der Waals surface area (Å²) in [6.07, 6.45) is 7.32. The van der Waals surface area contributed by atoms with Gasteiger partial charge in [-0.3, -0.25) is 0 Å². The number of nitrogens with zero attached hydrogens (tertiary/aromatic N) is 2. The fraction of sp³-hybridized carbons (Fsp3) is 0.423. The summed E-state index contributed by atoms with van der Waals surface area (Å²) in [5.74, 6) is 1.80. The zero-order valence-corrected chi connectivity index (χ0v) is 17.7. The predicted octanol–water partition coefficient (Wildman–Crippen LogP) is 4.67. The Morgan fingerprint density at radius 3 is 2.63 bits per heavy atom. The molecule has 0 aliphatic heterocycles. The Bertz CT molecular complexity index is 1010. The molecule has 1 heterocycles. The number of H-pyrrole nitrogens is 1. The molecule has 30 heavy (non-hydrogen) atoms. The number of allylic oxidation sites excluding steroid dienone is 1. The van der Waals surface area contributed by atoms with Crippen molar-refractivity contribution in [2.75, 3.05) is 20.1 Å². The minimum absolute atomic E-state index is 0.279. The number of aromatic nitrogens is 2. The first-order chi connectivity index (χ1) is 14.6. The molecule has 1 saturated carbocycles. The Labute approximate surface area is 178 Å². The number of likely N-dealkylation sites (N-methyl/N-ethyl adjacent to an activating group) is 1. The Balaban J connectivity index is 1.18. The number of fused-ring (bicyclic) bond motifs is 3. The van der Waals surface area contributed by atoms with E-state index in [9.17, 15) is 5.11 Å². The maximum Gasteiger partial charge on any atom is 0.108 e. The van der Waals surface area contributed by atoms with Gasteiger partial charge in [0.25, 0.3) is 0 Å². The van der Waals surface area contributed by atoms with E-state index in [0.29, 0.717) is 5.92 Å². The van der Waals surface area contributed by atoms with Crippen molar-refractivity contribution in [3.05, 3.63) is 72.1 Å². The van der Waals surface area contributed by atoms with Crippen LogP contribution in [0.1, 0.15) is 37.1 Å². The van der Waals surface area contributed by atoms with E-state index < -0.39 is 5.60 Å². The van der Waals surface area contributed by atoms with Crippen LogP contribution in [0.4, 0.5) is 0 Å². The second-order valence-corrected chi connectivity index (χ2v) is 9.18. The minimum Gasteiger partial charge on any atom is -0.389 e. The molecule has 2 aromatic carbocycles. The minimum atomic E-state index is -0.561. The van der Waals surface area contributed by atoms with Crippen molar-refractivity contribution >= 4 is 16.6 Å². The van der Waals surface area contributed by atoms with Crippen LogP contribution in [-0.4, -0.2) is 45.7 Å². The lowest BCUT2D eigenvalue weighted by Gasteiger charge is -2.48. The van der Waals surface area contributed by atoms with Crippen LogP contribution in [0.25, 0.3) is 16.6 Å². The highest BCUT2D eigenvalue weighted by Crippen LogP contribution is 2.51. The number of aromatic amines is 1. The Morgan fingerprint density at radius 2 is 1.87 bits per heavy atom. The second kappa shape index (κ2) is 8.01. The van der Waals surface area contributed by atoms with Crippen LogP contribution in [0.15, 0.2) is 60.7 Å². The lowest BCUT2D eigenvalue weighted by atomic mass is 9.61. The molecule has 3 aliphatic rings. The normalized spacial score (nSPS) is 25.8. The van der Waals surface area contributed by atoms with Gasteiger partial charge in [0.05, 0.1) is 16.6 Å². The number of imidazole rings is 1. The average Bonchev–Trinajstić information content (AvgIpc) is 3.20. The number of rotatable bonds is 7. The van der Waals surface area contributed by atoms with Crippen molar-refractivity contribution in [3.63, 3.8) is 0 Å². The van der Waals surface area contributed by atoms with Crippen LogP contribution < -0.4 is 0 Å². The van der Waals surface area contributed by atoms with Crippen LogP contribution in [0.2, 0.25) is 0 Å². The summed E-state index contributed by atoms with van der Waals surface area (Å²) < 4.78 is 0. The van der Waals surface area contributed by atoms with Gasteiger partial charge in [0.15, 0.2) is 0 Å². The van der Waals surface area contributed by atoms with Crippen molar-refractivity contribution < 1.29 is 5.11 Å². The van der Waals surface area contributed by atoms with Gasteiger partial charge in [-0.1, -0.05) is 48.5 Å². The van der Waals surface area contributed by atoms with Crippen LogP contribution in [0, 0.1) is 11.8 Å². The monoisotopic (exact) mass is 401 g/mol. The highest BCUT2D eigenvalue weighted by atomic mass is 16.3. The Kier molecular flexibility index (Phi) is 5.21. The average molecular weight is 402 g/mol. The molecule has 3 atom stereocenters. The highest BCUT2D eigenvalue weighted by Gasteiger charge is 2.46. The largest absolute Gasteiger partial charge is 0.389 e. The third-order valence-corrected chi connectivity index (χ3v) is 7.14. The first kappa shape index (κ1) is 19.5. The van der Waals surface area contributed by atoms with Gasteiger partial charge in [-0.05, 0) is 61.9 Å². The molecule has 2 N–H and O–H groups in total. The molecule has 0 spiro atoms. The maximum absolute atomic E-state index is 11.5. The van der Waals surface area contributed by atoms with Crippen LogP contribution in [0.5, 0.6) is 0 Å². The van der Waals surface area contributed by atoms with Gasteiger partial charge in [0.2, 0.25) is 0 Å². The molecule has 4 heteroatoms. The van der Waals surface area contributed by atoms with E-state index in [0.717, 1.165) is 55.6 Å². The van der Waals surface area contributed by atoms with Crippen molar-refractivity contribution in [1.82, 2.24) is 14.9 Å². The molecule has 0 unspecified atom stereocenters. The van der Waals surface area contributed by atoms with E-state index in [1.54, 1.807) is 0 Å². The maximum atomic E-state index is 11.5. The van der Waals surface area contributed by atoms with Gasteiger partial charge in [0, 0.05) is 25.4 Å². The first-order valence-corrected chi connectivity index (χ1v) is 11.2. The van der Waals surface area contributed by atoms with Gasteiger partial charge in [-0.15, -0.1) is 0 Å². The van der Waals surface area contributed by atoms with Crippen molar-refractivity contribution in [2.45, 2.75) is 37.7 Å². The molecule has 0 radical (unpaired) electrons. The van der Waals surface area contributed by atoms with Crippen LogP contribution in [0.3, 0.4) is 0 Å². The fourth-order valence-corrected chi connectivity index (χ4v) is 5.35. The molecule has 1 aromatic heterocycles. The molecule has 6 rings (SSSR count). The molecule has 0 amide bonds. The molecule has 3 aromatic rings. The quantitative estimate of drug-likeness (QED) is 0.605. The summed E-state index contributed by atoms with van der Waals surface area (Å²) >= 11 is 0. The lowest BCUT2D eigenvalue weighted by Crippen LogP contribution is -2.48. The topological polar surface area (TPSA) is 52.2 Å². The smallest absolute Gasteiger partial charge is 0.108 e. The van der Waals surface area contributed by atoms with E-state index in [2.05, 4.69) is 64.4 Å². The summed E-state index contributed by atoms with van der Waals surface area (Å²) in [7, 11) is 2.15. The predicted molar refractivity (Wildman–Crippen MR) is 122 cm³/mol. The standard InChI is InChI=1S/C26H31N3O/c1-29(15-13-25-27-23-9-5-6-10-24(23)28-25)16-14-26(30)18-20-11-12-21(26)17-22(20)19-7-3-2-4-8-19/h2-10,17,20-21,30H,11-16,18H2,1H3,(H,27,28)/t20-,21-,26+/m0/s1. The highest BCUT2D eigenvalue weighted by molar-refractivity contribution is 5.74. The summed E-state index contributed by atoms with van der Waals surface area (Å²) in [5, 5.41) is 11.5. The molecule has 2 bridgehead atoms. The van der Waals surface area contributed by atoms with Gasteiger partial charge in [-0.2, -0.15) is 0 Å². The molecule has 0 saturated heterocycles. The summed E-state index contributed by atoms with van der Waals surface area (Å²) in [6.45, 7) is 1.85. The van der Waals surface area contributed by atoms with Crippen molar-refractivity contribution in [1.29, 1.82) is 0 Å². The van der Waals surface area contributed by atoms with Gasteiger partial charge >= 0.3 is 0 Å². The molecular formula is C26H31N3O. The zero-order chi connectivity index (χ0) is 20.6. The SMILES string of the molecule is CN(CCc1nc2ccccc2[nH]1)CC[C@@]1(O)C[C@@H]2CC[C@H]1C=C2c1ccccc1. The van der Waals surface area contributed by atoms with Crippen molar-refractivity contribution in [2.24, 2.45) is 11.8 Å². The molecule has 1 fully saturated rings. The molecule has 4 nitrogen and oxygen atoms in total. The van der Waals surface area contributed by atoms with Gasteiger partial charge in [0.1, 0.15) is 5.82 Å². The van der Waals surface area contributed by atoms with E-state index in [1.807, 2.05) is 18.2 Å². The number of aliphatic hydroxyl groups is 1. The summed E-state index contributed by atoms with van der Waals surface area (Å²) in [4.78, 5) is 10.4. The van der Waals surface area contributed by atoms with Crippen LogP contribution >= 0.6 is 0 Å². The molecular weight excluding hydrogens is 370 g/mol. The Hall–Kier alpha value is -2.43. The summed E-state index contributed by atoms with van der Waals surface area (Å²) in [6, 6.07) is 18.9. The number of nitrogens with one attached hydrogen (secondary N) is 1. The second-order valence-electron chi connectivity index (χ2n) is 9.18. The number of hydrogen-bond acceptors (Lipinski definition) is 3. The van der Waals surface area contributed by atoms with E-state index in [1.165, 1.54) is 17.6 Å². The number of hydrogen-bond donors (Lipinski definition) is 2. The molecule has 156 valence electrons. The number of benzene rings is 2. The van der Waals surface area contributed by atoms with E-state index in [-0.39, 0.29) is 5.92 Å². The third-order valence-electron chi connectivity index (χ3n) is 7.14. The zero-order valence-electron chi connectivity index (χ0n) is 17.7. The van der Waals surface area contributed by atoms with Crippen molar-refractivity contribution in [3.8, 4) is 0 Å². The summed E-state index contributed by atoms with van der Waals surface area (Å²) in [5.41, 5.74) is 4.36. The first-order valence-electron chi connectivity index (χ1n) is 11.2. The van der Waals surface area contributed by atoms with Gasteiger partial charge < -0.3 is 15.0 Å². The van der Waals surface area contributed by atoms with E-state index in [4.69, 9.17) is 0 Å². The Morgan fingerprint density at radius 1 is 1.07 bits per heavy atom. The number of para-hydroxylation sites is 2. The molecule has 3 aliphatic carbocycles. The fourth-order valence-electron chi connectivity index (χ4n) is 5.35. The van der Waals surface area contributed by atoms with Crippen LogP contribution in [-0.2, 0) is 6.42 Å². The third kappa shape index (κ3) is 3.82. The van der Waals surface area contributed by atoms with Gasteiger partial charge in [-0.25, -0.2) is 4.98 Å². The van der Waals surface area contributed by atoms with E-state index >= 15 is 0 Å². The lowest BCUT2D eigenvalue weighted by molar-refractivity contribution is -0.0574.